The number of rotatable bonds is 6. The lowest BCUT2D eigenvalue weighted by atomic mass is 10.5. The molecule has 0 aromatic carbocycles. The smallest absolute Gasteiger partial charge is 0.357 e. The molecule has 0 radical (unpaired) electrons. The van der Waals surface area contributed by atoms with Crippen LogP contribution in [-0.2, 0) is 14.8 Å². The number of nitrogens with zero attached hydrogens (tertiary/aromatic N) is 2. The third-order valence-electron chi connectivity index (χ3n) is 2.09. The van der Waals surface area contributed by atoms with Gasteiger partial charge in [0.25, 0.3) is 0 Å². The summed E-state index contributed by atoms with van der Waals surface area (Å²) >= 11 is 1.22. The number of sulfonamides is 1. The van der Waals surface area contributed by atoms with Crippen molar-refractivity contribution in [1.82, 2.24) is 9.29 Å². The second-order valence-electron chi connectivity index (χ2n) is 3.55. The van der Waals surface area contributed by atoms with Gasteiger partial charge in [0.1, 0.15) is 0 Å². The highest BCUT2D eigenvalue weighted by Crippen LogP contribution is 2.15. The van der Waals surface area contributed by atoms with Crippen LogP contribution in [0.5, 0.6) is 0 Å². The van der Waals surface area contributed by atoms with Gasteiger partial charge in [0, 0.05) is 26.0 Å². The molecule has 18 heavy (non-hydrogen) atoms. The second kappa shape index (κ2) is 6.12. The average Bonchev–Trinajstić information content (AvgIpc) is 2.76. The van der Waals surface area contributed by atoms with Gasteiger partial charge in [0.2, 0.25) is 10.0 Å². The molecule has 0 amide bonds. The summed E-state index contributed by atoms with van der Waals surface area (Å²) in [6, 6.07) is 0. The van der Waals surface area contributed by atoms with E-state index in [0.29, 0.717) is 5.13 Å². The molecule has 0 aliphatic heterocycles. The number of hydrogen-bond donors (Lipinski definition) is 1. The Hall–Kier alpha value is -1.19. The molecule has 0 saturated heterocycles. The van der Waals surface area contributed by atoms with Gasteiger partial charge in [0.15, 0.2) is 10.8 Å². The fraction of sp³-hybridized carbons (Fsp3) is 0.556. The van der Waals surface area contributed by atoms with Crippen LogP contribution in [0.25, 0.3) is 0 Å². The first-order valence-electron chi connectivity index (χ1n) is 5.04. The predicted molar refractivity (Wildman–Crippen MR) is 69.4 cm³/mol. The molecular weight excluding hydrogens is 278 g/mol. The number of methoxy groups -OCH3 is 1. The topological polar surface area (TPSA) is 88.6 Å². The summed E-state index contributed by atoms with van der Waals surface area (Å²) < 4.78 is 28.6. The maximum atomic E-state index is 11.5. The Bertz CT molecular complexity index is 510. The van der Waals surface area contributed by atoms with Gasteiger partial charge < -0.3 is 10.1 Å². The van der Waals surface area contributed by atoms with Gasteiger partial charge in [-0.15, -0.1) is 11.3 Å². The van der Waals surface area contributed by atoms with Crippen LogP contribution in [0.15, 0.2) is 5.38 Å². The highest BCUT2D eigenvalue weighted by Gasteiger charge is 2.14. The molecule has 1 aromatic rings. The van der Waals surface area contributed by atoms with Crippen molar-refractivity contribution in [2.45, 2.75) is 0 Å². The number of anilines is 1. The normalized spacial score (nSPS) is 11.6. The largest absolute Gasteiger partial charge is 0.464 e. The predicted octanol–water partition coefficient (Wildman–Crippen LogP) is 0.233. The van der Waals surface area contributed by atoms with E-state index in [1.807, 2.05) is 0 Å². The molecule has 0 atom stereocenters. The minimum Gasteiger partial charge on any atom is -0.464 e. The summed E-state index contributed by atoms with van der Waals surface area (Å²) in [5.74, 6) is -0.548. The van der Waals surface area contributed by atoms with Crippen molar-refractivity contribution < 1.29 is 17.9 Å². The quantitative estimate of drug-likeness (QED) is 0.756. The molecule has 0 spiro atoms. The van der Waals surface area contributed by atoms with E-state index in [1.165, 1.54) is 32.5 Å². The number of thiazole rings is 1. The molecule has 1 rings (SSSR count). The van der Waals surface area contributed by atoms with Crippen LogP contribution < -0.4 is 5.32 Å². The van der Waals surface area contributed by atoms with E-state index in [9.17, 15) is 13.2 Å². The van der Waals surface area contributed by atoms with E-state index in [0.717, 1.165) is 4.31 Å². The maximum absolute atomic E-state index is 11.5. The number of ether oxygens (including phenoxy) is 1. The van der Waals surface area contributed by atoms with E-state index >= 15 is 0 Å². The monoisotopic (exact) mass is 293 g/mol. The molecule has 0 aliphatic carbocycles. The zero-order valence-electron chi connectivity index (χ0n) is 10.3. The van der Waals surface area contributed by atoms with Crippen molar-refractivity contribution in [2.75, 3.05) is 38.8 Å². The first-order valence-corrected chi connectivity index (χ1v) is 7.53. The molecule has 0 unspecified atom stereocenters. The van der Waals surface area contributed by atoms with Gasteiger partial charge in [-0.2, -0.15) is 0 Å². The zero-order chi connectivity index (χ0) is 13.8. The first-order chi connectivity index (χ1) is 8.36. The number of hydrogen-bond acceptors (Lipinski definition) is 7. The van der Waals surface area contributed by atoms with Crippen LogP contribution in [0, 0.1) is 0 Å². The Morgan fingerprint density at radius 3 is 2.78 bits per heavy atom. The van der Waals surface area contributed by atoms with Gasteiger partial charge in [-0.1, -0.05) is 0 Å². The van der Waals surface area contributed by atoms with Crippen molar-refractivity contribution in [2.24, 2.45) is 0 Å². The average molecular weight is 293 g/mol. The lowest BCUT2D eigenvalue weighted by molar-refractivity contribution is 0.0595. The third kappa shape index (κ3) is 3.93. The Morgan fingerprint density at radius 1 is 1.56 bits per heavy atom. The number of nitrogens with one attached hydrogen (secondary N) is 1. The lowest BCUT2D eigenvalue weighted by Crippen LogP contribution is -2.28. The van der Waals surface area contributed by atoms with Gasteiger partial charge in [-0.25, -0.2) is 22.5 Å². The minimum absolute atomic E-state index is 0.0346. The number of carbonyl (C=O) groups excluding carboxylic acids is 1. The summed E-state index contributed by atoms with van der Waals surface area (Å²) in [5, 5.41) is 4.89. The van der Waals surface area contributed by atoms with Crippen LogP contribution >= 0.6 is 11.3 Å². The van der Waals surface area contributed by atoms with Crippen molar-refractivity contribution in [3.63, 3.8) is 0 Å². The molecule has 0 saturated carbocycles. The summed E-state index contributed by atoms with van der Waals surface area (Å²) in [7, 11) is 1.01. The number of aromatic nitrogens is 1. The Kier molecular flexibility index (Phi) is 5.05. The van der Waals surface area contributed by atoms with Crippen molar-refractivity contribution in [3.05, 3.63) is 11.1 Å². The van der Waals surface area contributed by atoms with Crippen LogP contribution in [0.3, 0.4) is 0 Å². The standard InChI is InChI=1S/C9H15N3O4S2/c1-12(2)18(14,15)5-4-10-9-11-7(6-17-9)8(13)16-3/h6H,4-5H2,1-3H3,(H,10,11). The van der Waals surface area contributed by atoms with Gasteiger partial charge >= 0.3 is 5.97 Å². The number of carbonyl (C=O) groups is 1. The third-order valence-corrected chi connectivity index (χ3v) is 4.72. The van der Waals surface area contributed by atoms with E-state index in [1.54, 1.807) is 5.38 Å². The molecule has 7 nitrogen and oxygen atoms in total. The fourth-order valence-corrected chi connectivity index (χ4v) is 2.46. The summed E-state index contributed by atoms with van der Waals surface area (Å²) in [4.78, 5) is 15.1. The van der Waals surface area contributed by atoms with Crippen LogP contribution in [0.2, 0.25) is 0 Å². The minimum atomic E-state index is -3.23. The molecule has 9 heteroatoms. The maximum Gasteiger partial charge on any atom is 0.357 e. The molecule has 1 aromatic heterocycles. The highest BCUT2D eigenvalue weighted by molar-refractivity contribution is 7.89. The van der Waals surface area contributed by atoms with Gasteiger partial charge in [-0.3, -0.25) is 0 Å². The molecular formula is C9H15N3O4S2. The van der Waals surface area contributed by atoms with Crippen LogP contribution in [0.1, 0.15) is 10.5 Å². The van der Waals surface area contributed by atoms with E-state index in [4.69, 9.17) is 0 Å². The molecule has 0 bridgehead atoms. The summed E-state index contributed by atoms with van der Waals surface area (Å²) in [5.41, 5.74) is 0.209. The molecule has 1 heterocycles. The second-order valence-corrected chi connectivity index (χ2v) is 6.72. The summed E-state index contributed by atoms with van der Waals surface area (Å²) in [6.45, 7) is 0.231. The Labute approximate surface area is 110 Å². The molecule has 0 fully saturated rings. The van der Waals surface area contributed by atoms with Crippen molar-refractivity contribution >= 4 is 32.5 Å². The number of esters is 1. The first kappa shape index (κ1) is 14.9. The van der Waals surface area contributed by atoms with Gasteiger partial charge in [-0.05, 0) is 0 Å². The van der Waals surface area contributed by atoms with E-state index < -0.39 is 16.0 Å². The fourth-order valence-electron chi connectivity index (χ4n) is 1.02. The Balaban J connectivity index is 2.50. The van der Waals surface area contributed by atoms with E-state index in [2.05, 4.69) is 15.0 Å². The van der Waals surface area contributed by atoms with Crippen molar-refractivity contribution in [1.29, 1.82) is 0 Å². The highest BCUT2D eigenvalue weighted by atomic mass is 32.2. The molecule has 0 aliphatic rings. The van der Waals surface area contributed by atoms with E-state index in [-0.39, 0.29) is 18.0 Å². The van der Waals surface area contributed by atoms with Crippen LogP contribution in [0.4, 0.5) is 5.13 Å². The summed E-state index contributed by atoms with van der Waals surface area (Å²) in [6.07, 6.45) is 0. The molecule has 102 valence electrons. The SMILES string of the molecule is COC(=O)c1csc(NCCS(=O)(=O)N(C)C)n1. The van der Waals surface area contributed by atoms with Crippen LogP contribution in [-0.4, -0.2) is 57.2 Å². The zero-order valence-corrected chi connectivity index (χ0v) is 12.0. The lowest BCUT2D eigenvalue weighted by Gasteiger charge is -2.10. The molecule has 1 N–H and O–H groups in total. The van der Waals surface area contributed by atoms with Gasteiger partial charge in [0.05, 0.1) is 12.9 Å². The van der Waals surface area contributed by atoms with Crippen molar-refractivity contribution in [3.8, 4) is 0 Å². The Morgan fingerprint density at radius 2 is 2.22 bits per heavy atom.